The number of rotatable bonds is 2. The normalized spacial score (nSPS) is 12.7. The van der Waals surface area contributed by atoms with Crippen LogP contribution < -0.4 is 8.45 Å². The average molecular weight is 340 g/mol. The standard InChI is InChI=1S/C7H5F3NO.3CH3.Sn/c1-12-5-2-3-6(11-4-5)7(8,9)10;;;;/h2-3H,1H3;3*1H3;. The SMILES string of the molecule is COc1ccc(C(F)(F)F)n[c]1[Sn]([CH3])([CH3])[CH3]. The number of hydrogen-bond donors (Lipinski definition) is 0. The number of methoxy groups -OCH3 is 1. The molecule has 0 aliphatic heterocycles. The van der Waals surface area contributed by atoms with Gasteiger partial charge in [0.15, 0.2) is 0 Å². The zero-order chi connectivity index (χ0) is 12.6. The fraction of sp³-hybridized carbons (Fsp3) is 0.500. The maximum absolute atomic E-state index is 12.5. The Morgan fingerprint density at radius 2 is 1.75 bits per heavy atom. The fourth-order valence-electron chi connectivity index (χ4n) is 1.31. The number of pyridine rings is 1. The van der Waals surface area contributed by atoms with Gasteiger partial charge in [-0.2, -0.15) is 0 Å². The summed E-state index contributed by atoms with van der Waals surface area (Å²) < 4.78 is 43.1. The minimum absolute atomic E-state index is 0.469. The molecule has 90 valence electrons. The van der Waals surface area contributed by atoms with Crippen LogP contribution in [0.2, 0.25) is 14.8 Å². The van der Waals surface area contributed by atoms with Crippen LogP contribution in [0.1, 0.15) is 5.69 Å². The van der Waals surface area contributed by atoms with Gasteiger partial charge in [-0.3, -0.25) is 0 Å². The second-order valence-corrected chi connectivity index (χ2v) is 18.7. The Labute approximate surface area is 96.7 Å². The average Bonchev–Trinajstić information content (AvgIpc) is 2.14. The number of ether oxygens (including phenoxy) is 1. The van der Waals surface area contributed by atoms with Crippen LogP contribution in [-0.4, -0.2) is 30.5 Å². The van der Waals surface area contributed by atoms with Gasteiger partial charge in [0.05, 0.1) is 0 Å². The molecule has 1 heterocycles. The van der Waals surface area contributed by atoms with E-state index in [1.165, 1.54) is 13.2 Å². The quantitative estimate of drug-likeness (QED) is 0.773. The number of alkyl halides is 3. The Kier molecular flexibility index (Phi) is 3.76. The third-order valence-corrected chi connectivity index (χ3v) is 7.16. The molecule has 16 heavy (non-hydrogen) atoms. The van der Waals surface area contributed by atoms with Gasteiger partial charge in [0.2, 0.25) is 0 Å². The molecule has 0 radical (unpaired) electrons. The van der Waals surface area contributed by atoms with Gasteiger partial charge in [0, 0.05) is 0 Å². The van der Waals surface area contributed by atoms with E-state index in [0.29, 0.717) is 9.46 Å². The van der Waals surface area contributed by atoms with Crippen molar-refractivity contribution in [1.82, 2.24) is 4.98 Å². The van der Waals surface area contributed by atoms with Gasteiger partial charge >= 0.3 is 96.7 Å². The predicted octanol–water partition coefficient (Wildman–Crippen LogP) is 2.65. The maximum atomic E-state index is 12.5. The van der Waals surface area contributed by atoms with Gasteiger partial charge in [0.25, 0.3) is 0 Å². The topological polar surface area (TPSA) is 22.1 Å². The second-order valence-electron chi connectivity index (χ2n) is 4.50. The molecule has 0 unspecified atom stereocenters. The molecular weight excluding hydrogens is 326 g/mol. The Bertz CT molecular complexity index is 385. The van der Waals surface area contributed by atoms with Crippen LogP contribution in [0, 0.1) is 0 Å². The van der Waals surface area contributed by atoms with Crippen LogP contribution in [0.3, 0.4) is 0 Å². The Morgan fingerprint density at radius 1 is 1.19 bits per heavy atom. The molecular formula is C10H14F3NOSn. The summed E-state index contributed by atoms with van der Waals surface area (Å²) in [6.07, 6.45) is -4.39. The van der Waals surface area contributed by atoms with E-state index in [4.69, 9.17) is 4.74 Å². The Balaban J connectivity index is 3.34. The molecule has 1 aromatic rings. The van der Waals surface area contributed by atoms with E-state index in [1.807, 2.05) is 14.8 Å². The summed E-state index contributed by atoms with van der Waals surface area (Å²) in [5.74, 6) is 0.469. The fourth-order valence-corrected chi connectivity index (χ4v) is 5.25. The van der Waals surface area contributed by atoms with Crippen LogP contribution in [0.15, 0.2) is 12.1 Å². The predicted molar refractivity (Wildman–Crippen MR) is 58.8 cm³/mol. The summed E-state index contributed by atoms with van der Waals surface area (Å²) in [5.41, 5.74) is -0.838. The third-order valence-electron chi connectivity index (χ3n) is 2.08. The molecule has 6 heteroatoms. The number of hydrogen-bond acceptors (Lipinski definition) is 2. The number of nitrogens with zero attached hydrogens (tertiary/aromatic N) is 1. The molecule has 0 atom stereocenters. The molecule has 0 fully saturated rings. The summed E-state index contributed by atoms with van der Waals surface area (Å²) in [5, 5.41) is 0. The van der Waals surface area contributed by atoms with Crippen LogP contribution in [0.4, 0.5) is 13.2 Å². The van der Waals surface area contributed by atoms with Crippen LogP contribution in [0.25, 0.3) is 0 Å². The van der Waals surface area contributed by atoms with Gasteiger partial charge in [-0.05, 0) is 0 Å². The number of aromatic nitrogens is 1. The van der Waals surface area contributed by atoms with Crippen molar-refractivity contribution in [2.75, 3.05) is 7.11 Å². The minimum atomic E-state index is -4.39. The molecule has 0 N–H and O–H groups in total. The molecule has 1 rings (SSSR count). The summed E-state index contributed by atoms with van der Waals surface area (Å²) in [6.45, 7) is 0. The summed E-state index contributed by atoms with van der Waals surface area (Å²) >= 11 is -2.69. The van der Waals surface area contributed by atoms with Gasteiger partial charge in [-0.15, -0.1) is 0 Å². The molecule has 0 saturated heterocycles. The van der Waals surface area contributed by atoms with Crippen molar-refractivity contribution < 1.29 is 17.9 Å². The van der Waals surface area contributed by atoms with E-state index in [2.05, 4.69) is 4.98 Å². The summed E-state index contributed by atoms with van der Waals surface area (Å²) in [7, 11) is 1.45. The molecule has 1 aromatic heterocycles. The van der Waals surface area contributed by atoms with Crippen LogP contribution >= 0.6 is 0 Å². The first-order valence-corrected chi connectivity index (χ1v) is 14.8. The molecule has 0 aromatic carbocycles. The van der Waals surface area contributed by atoms with Crippen molar-refractivity contribution in [2.45, 2.75) is 21.0 Å². The van der Waals surface area contributed by atoms with Crippen molar-refractivity contribution in [2.24, 2.45) is 0 Å². The van der Waals surface area contributed by atoms with Gasteiger partial charge in [-0.25, -0.2) is 0 Å². The first-order chi connectivity index (χ1) is 7.16. The first-order valence-electron chi connectivity index (χ1n) is 4.79. The molecule has 0 aliphatic carbocycles. The zero-order valence-electron chi connectivity index (χ0n) is 9.64. The van der Waals surface area contributed by atoms with Crippen molar-refractivity contribution in [3.63, 3.8) is 0 Å². The Hall–Kier alpha value is -0.461. The van der Waals surface area contributed by atoms with Crippen molar-refractivity contribution in [3.8, 4) is 5.75 Å². The van der Waals surface area contributed by atoms with E-state index in [0.717, 1.165) is 6.07 Å². The van der Waals surface area contributed by atoms with Crippen molar-refractivity contribution in [3.05, 3.63) is 17.8 Å². The molecule has 0 aliphatic rings. The van der Waals surface area contributed by atoms with E-state index in [9.17, 15) is 13.2 Å². The molecule has 0 bridgehead atoms. The van der Waals surface area contributed by atoms with Crippen molar-refractivity contribution >= 4 is 22.1 Å². The number of halogens is 3. The zero-order valence-corrected chi connectivity index (χ0v) is 12.5. The van der Waals surface area contributed by atoms with Crippen LogP contribution in [0.5, 0.6) is 5.75 Å². The van der Waals surface area contributed by atoms with E-state index < -0.39 is 30.2 Å². The van der Waals surface area contributed by atoms with E-state index in [1.54, 1.807) is 0 Å². The van der Waals surface area contributed by atoms with Crippen molar-refractivity contribution in [1.29, 1.82) is 0 Å². The summed E-state index contributed by atoms with van der Waals surface area (Å²) in [4.78, 5) is 9.73. The molecule has 2 nitrogen and oxygen atoms in total. The first kappa shape index (κ1) is 13.6. The second kappa shape index (κ2) is 4.43. The Morgan fingerprint density at radius 3 is 2.12 bits per heavy atom. The molecule has 0 saturated carbocycles. The van der Waals surface area contributed by atoms with Gasteiger partial charge in [0.1, 0.15) is 0 Å². The van der Waals surface area contributed by atoms with Gasteiger partial charge < -0.3 is 0 Å². The molecule has 0 amide bonds. The monoisotopic (exact) mass is 341 g/mol. The third kappa shape index (κ3) is 3.02. The van der Waals surface area contributed by atoms with Gasteiger partial charge in [-0.1, -0.05) is 0 Å². The van der Waals surface area contributed by atoms with E-state index in [-0.39, 0.29) is 0 Å². The summed E-state index contributed by atoms with van der Waals surface area (Å²) in [6, 6.07) is 2.31. The molecule has 0 spiro atoms. The van der Waals surface area contributed by atoms with E-state index >= 15 is 0 Å². The van der Waals surface area contributed by atoms with Crippen LogP contribution in [-0.2, 0) is 6.18 Å².